The minimum absolute atomic E-state index is 0. The standard InChI is InChI=1S/2C6H12O2.2Na/c2*1-2-3-4-5-6(7)8;;/h2*2-5H2,1H3,(H,7,8);;/q;;2*+1/p-2. The van der Waals surface area contributed by atoms with E-state index in [1.807, 2.05) is 13.8 Å². The maximum absolute atomic E-state index is 9.76. The zero-order valence-electron chi connectivity index (χ0n) is 12.3. The van der Waals surface area contributed by atoms with Crippen molar-refractivity contribution in [1.82, 2.24) is 0 Å². The van der Waals surface area contributed by atoms with E-state index in [0.29, 0.717) is 0 Å². The maximum Gasteiger partial charge on any atom is 1.00 e. The number of carbonyl (C=O) groups is 2. The third-order valence-corrected chi connectivity index (χ3v) is 1.97. The number of rotatable bonds is 8. The monoisotopic (exact) mass is 276 g/mol. The van der Waals surface area contributed by atoms with Crippen molar-refractivity contribution in [3.05, 3.63) is 0 Å². The van der Waals surface area contributed by atoms with Crippen molar-refractivity contribution in [3.63, 3.8) is 0 Å². The number of hydrogen-bond acceptors (Lipinski definition) is 4. The molecular formula is C12H22Na2O4. The van der Waals surface area contributed by atoms with Crippen molar-refractivity contribution >= 4 is 11.9 Å². The van der Waals surface area contributed by atoms with Gasteiger partial charge >= 0.3 is 59.1 Å². The minimum atomic E-state index is -0.932. The summed E-state index contributed by atoms with van der Waals surface area (Å²) in [6.45, 7) is 4.07. The maximum atomic E-state index is 9.76. The van der Waals surface area contributed by atoms with Crippen LogP contribution >= 0.6 is 0 Å². The van der Waals surface area contributed by atoms with Gasteiger partial charge < -0.3 is 19.8 Å². The summed E-state index contributed by atoms with van der Waals surface area (Å²) in [5.41, 5.74) is 0. The van der Waals surface area contributed by atoms with Gasteiger partial charge in [-0.25, -0.2) is 0 Å². The Hall–Kier alpha value is 0.940. The molecule has 0 saturated carbocycles. The Morgan fingerprint density at radius 3 is 1.17 bits per heavy atom. The van der Waals surface area contributed by atoms with Gasteiger partial charge in [0.15, 0.2) is 0 Å². The summed E-state index contributed by atoms with van der Waals surface area (Å²) in [6, 6.07) is 0. The molecule has 0 aromatic carbocycles. The van der Waals surface area contributed by atoms with Gasteiger partial charge in [-0.2, -0.15) is 0 Å². The van der Waals surface area contributed by atoms with Gasteiger partial charge in [-0.1, -0.05) is 39.5 Å². The molecule has 0 fully saturated rings. The van der Waals surface area contributed by atoms with Gasteiger partial charge in [0, 0.05) is 11.9 Å². The molecule has 18 heavy (non-hydrogen) atoms. The van der Waals surface area contributed by atoms with E-state index in [9.17, 15) is 19.8 Å². The summed E-state index contributed by atoms with van der Waals surface area (Å²) < 4.78 is 0. The second-order valence-electron chi connectivity index (χ2n) is 3.66. The Morgan fingerprint density at radius 2 is 1.00 bits per heavy atom. The molecule has 0 aliphatic heterocycles. The molecule has 0 heterocycles. The van der Waals surface area contributed by atoms with Crippen LogP contribution in [0.25, 0.3) is 0 Å². The van der Waals surface area contributed by atoms with Crippen LogP contribution in [-0.4, -0.2) is 11.9 Å². The second-order valence-corrected chi connectivity index (χ2v) is 3.66. The van der Waals surface area contributed by atoms with Crippen molar-refractivity contribution in [2.24, 2.45) is 0 Å². The number of carboxylic acids is 2. The van der Waals surface area contributed by atoms with E-state index in [2.05, 4.69) is 0 Å². The van der Waals surface area contributed by atoms with Crippen molar-refractivity contribution in [1.29, 1.82) is 0 Å². The average Bonchev–Trinajstić information content (AvgIpc) is 2.18. The third-order valence-electron chi connectivity index (χ3n) is 1.97. The summed E-state index contributed by atoms with van der Waals surface area (Å²) in [6.07, 6.45) is 6.07. The first kappa shape index (κ1) is 27.3. The number of carboxylic acid groups (broad SMARTS) is 2. The van der Waals surface area contributed by atoms with E-state index in [1.54, 1.807) is 0 Å². The van der Waals surface area contributed by atoms with Gasteiger partial charge in [-0.05, 0) is 25.7 Å². The van der Waals surface area contributed by atoms with E-state index in [0.717, 1.165) is 38.5 Å². The molecule has 0 saturated heterocycles. The van der Waals surface area contributed by atoms with Crippen molar-refractivity contribution in [2.75, 3.05) is 0 Å². The fraction of sp³-hybridized carbons (Fsp3) is 0.833. The normalized spacial score (nSPS) is 8.11. The zero-order chi connectivity index (χ0) is 12.8. The summed E-state index contributed by atoms with van der Waals surface area (Å²) in [5.74, 6) is -1.86. The number of carbonyl (C=O) groups excluding carboxylic acids is 2. The van der Waals surface area contributed by atoms with E-state index >= 15 is 0 Å². The molecule has 0 rings (SSSR count). The fourth-order valence-corrected chi connectivity index (χ4v) is 1.04. The molecule has 4 nitrogen and oxygen atoms in total. The molecular weight excluding hydrogens is 254 g/mol. The van der Waals surface area contributed by atoms with E-state index in [-0.39, 0.29) is 72.0 Å². The van der Waals surface area contributed by atoms with Crippen LogP contribution in [0.4, 0.5) is 0 Å². The molecule has 0 bridgehead atoms. The van der Waals surface area contributed by atoms with Gasteiger partial charge in [0.1, 0.15) is 0 Å². The molecule has 0 aliphatic carbocycles. The molecule has 0 amide bonds. The molecule has 0 radical (unpaired) electrons. The van der Waals surface area contributed by atoms with E-state index < -0.39 is 11.9 Å². The first-order valence-corrected chi connectivity index (χ1v) is 5.94. The van der Waals surface area contributed by atoms with Crippen LogP contribution in [0.5, 0.6) is 0 Å². The second kappa shape index (κ2) is 23.1. The minimum Gasteiger partial charge on any atom is -0.550 e. The fourth-order valence-electron chi connectivity index (χ4n) is 1.04. The molecule has 0 unspecified atom stereocenters. The summed E-state index contributed by atoms with van der Waals surface area (Å²) in [5, 5.41) is 19.5. The predicted molar refractivity (Wildman–Crippen MR) is 58.3 cm³/mol. The Balaban J connectivity index is -0.0000000980. The van der Waals surface area contributed by atoms with Crippen LogP contribution in [0.3, 0.4) is 0 Å². The molecule has 0 aromatic heterocycles. The summed E-state index contributed by atoms with van der Waals surface area (Å²) >= 11 is 0. The van der Waals surface area contributed by atoms with Crippen molar-refractivity contribution in [2.45, 2.75) is 65.2 Å². The topological polar surface area (TPSA) is 80.3 Å². The molecule has 0 aromatic rings. The predicted octanol–water partition coefficient (Wildman–Crippen LogP) is -5.36. The third kappa shape index (κ3) is 36.0. The molecule has 96 valence electrons. The van der Waals surface area contributed by atoms with Gasteiger partial charge in [-0.15, -0.1) is 0 Å². The van der Waals surface area contributed by atoms with Crippen LogP contribution in [-0.2, 0) is 9.59 Å². The summed E-state index contributed by atoms with van der Waals surface area (Å²) in [7, 11) is 0. The van der Waals surface area contributed by atoms with Gasteiger partial charge in [-0.3, -0.25) is 0 Å². The molecule has 0 N–H and O–H groups in total. The largest absolute Gasteiger partial charge is 1.00 e. The Bertz CT molecular complexity index is 167. The van der Waals surface area contributed by atoms with E-state index in [4.69, 9.17) is 0 Å². The van der Waals surface area contributed by atoms with Gasteiger partial charge in [0.25, 0.3) is 0 Å². The van der Waals surface area contributed by atoms with Gasteiger partial charge in [0.05, 0.1) is 0 Å². The SMILES string of the molecule is CCCCCC(=O)[O-].CCCCCC(=O)[O-].[Na+].[Na+]. The number of hydrogen-bond donors (Lipinski definition) is 0. The number of unbranched alkanes of at least 4 members (excludes halogenated alkanes) is 4. The quantitative estimate of drug-likeness (QED) is 0.327. The first-order chi connectivity index (χ1) is 7.54. The van der Waals surface area contributed by atoms with Crippen molar-refractivity contribution in [3.8, 4) is 0 Å². The van der Waals surface area contributed by atoms with Crippen LogP contribution in [0.1, 0.15) is 65.2 Å². The smallest absolute Gasteiger partial charge is 0.550 e. The molecule has 0 atom stereocenters. The Morgan fingerprint density at radius 1 is 0.722 bits per heavy atom. The van der Waals surface area contributed by atoms with Crippen molar-refractivity contribution < 1.29 is 78.9 Å². The van der Waals surface area contributed by atoms with Crippen LogP contribution in [0.15, 0.2) is 0 Å². The Labute approximate surface area is 154 Å². The molecule has 0 aliphatic rings. The summed E-state index contributed by atoms with van der Waals surface area (Å²) in [4.78, 5) is 19.5. The van der Waals surface area contributed by atoms with Crippen LogP contribution in [0, 0.1) is 0 Å². The van der Waals surface area contributed by atoms with Crippen LogP contribution < -0.4 is 69.3 Å². The molecule has 0 spiro atoms. The Kier molecular flexibility index (Phi) is 35.0. The average molecular weight is 276 g/mol. The van der Waals surface area contributed by atoms with Crippen LogP contribution in [0.2, 0.25) is 0 Å². The number of aliphatic carboxylic acids is 2. The first-order valence-electron chi connectivity index (χ1n) is 5.94. The van der Waals surface area contributed by atoms with E-state index in [1.165, 1.54) is 0 Å². The van der Waals surface area contributed by atoms with Gasteiger partial charge in [0.2, 0.25) is 0 Å². The molecule has 6 heteroatoms. The zero-order valence-corrected chi connectivity index (χ0v) is 16.3.